The summed E-state index contributed by atoms with van der Waals surface area (Å²) in [5.74, 6) is 1.84. The maximum Gasteiger partial charge on any atom is 0.227 e. The standard InChI is InChI=1S/C13H20N2O/c1-9(2)15(6-5-14)13(16)12-8-10-3-4-11(12)7-10/h9-12H,3-4,6-8H2,1-2H3. The van der Waals surface area contributed by atoms with Crippen LogP contribution in [-0.4, -0.2) is 23.4 Å². The first-order valence-electron chi connectivity index (χ1n) is 6.31. The number of fused-ring (bicyclic) bond motifs is 2. The van der Waals surface area contributed by atoms with E-state index in [4.69, 9.17) is 5.26 Å². The molecule has 0 aromatic heterocycles. The third-order valence-corrected chi connectivity index (χ3v) is 4.20. The third kappa shape index (κ3) is 1.93. The lowest BCUT2D eigenvalue weighted by molar-refractivity contribution is -0.138. The van der Waals surface area contributed by atoms with Gasteiger partial charge in [-0.15, -0.1) is 0 Å². The Morgan fingerprint density at radius 2 is 2.19 bits per heavy atom. The number of rotatable bonds is 3. The van der Waals surface area contributed by atoms with Crippen molar-refractivity contribution in [2.24, 2.45) is 17.8 Å². The van der Waals surface area contributed by atoms with Gasteiger partial charge in [0.05, 0.1) is 6.07 Å². The van der Waals surface area contributed by atoms with Crippen LogP contribution in [0.5, 0.6) is 0 Å². The van der Waals surface area contributed by atoms with E-state index >= 15 is 0 Å². The van der Waals surface area contributed by atoms with Gasteiger partial charge in [0.15, 0.2) is 0 Å². The molecule has 0 aliphatic heterocycles. The summed E-state index contributed by atoms with van der Waals surface area (Å²) in [4.78, 5) is 14.1. The molecule has 0 heterocycles. The molecule has 2 rings (SSSR count). The van der Waals surface area contributed by atoms with E-state index in [1.165, 1.54) is 19.3 Å². The number of hydrogen-bond acceptors (Lipinski definition) is 2. The molecule has 3 atom stereocenters. The number of nitrogens with zero attached hydrogens (tertiary/aromatic N) is 2. The summed E-state index contributed by atoms with van der Waals surface area (Å²) in [6, 6.07) is 2.25. The fourth-order valence-electron chi connectivity index (χ4n) is 3.35. The highest BCUT2D eigenvalue weighted by Gasteiger charge is 2.44. The summed E-state index contributed by atoms with van der Waals surface area (Å²) < 4.78 is 0. The Bertz CT molecular complexity index is 318. The van der Waals surface area contributed by atoms with Gasteiger partial charge in [0.2, 0.25) is 5.91 Å². The van der Waals surface area contributed by atoms with Crippen LogP contribution in [0.2, 0.25) is 0 Å². The van der Waals surface area contributed by atoms with Gasteiger partial charge in [0.1, 0.15) is 6.54 Å². The molecule has 3 heteroatoms. The summed E-state index contributed by atoms with van der Waals surface area (Å²) in [5.41, 5.74) is 0. The molecule has 0 radical (unpaired) electrons. The van der Waals surface area contributed by atoms with Crippen molar-refractivity contribution in [3.63, 3.8) is 0 Å². The molecular formula is C13H20N2O. The molecule has 2 aliphatic carbocycles. The number of hydrogen-bond donors (Lipinski definition) is 0. The highest BCUT2D eigenvalue weighted by Crippen LogP contribution is 2.48. The molecule has 0 aromatic rings. The molecule has 0 spiro atoms. The van der Waals surface area contributed by atoms with Gasteiger partial charge in [0.25, 0.3) is 0 Å². The highest BCUT2D eigenvalue weighted by atomic mass is 16.2. The van der Waals surface area contributed by atoms with E-state index in [0.29, 0.717) is 5.92 Å². The molecule has 3 unspecified atom stereocenters. The Morgan fingerprint density at radius 1 is 1.44 bits per heavy atom. The van der Waals surface area contributed by atoms with Crippen molar-refractivity contribution in [1.82, 2.24) is 4.90 Å². The van der Waals surface area contributed by atoms with E-state index in [0.717, 1.165) is 12.3 Å². The van der Waals surface area contributed by atoms with Crippen molar-refractivity contribution in [3.05, 3.63) is 0 Å². The van der Waals surface area contributed by atoms with Gasteiger partial charge in [-0.3, -0.25) is 4.79 Å². The van der Waals surface area contributed by atoms with Gasteiger partial charge in [-0.2, -0.15) is 5.26 Å². The second-order valence-corrected chi connectivity index (χ2v) is 5.50. The van der Waals surface area contributed by atoms with E-state index in [2.05, 4.69) is 6.07 Å². The summed E-state index contributed by atoms with van der Waals surface area (Å²) in [6.07, 6.45) is 4.85. The second kappa shape index (κ2) is 4.45. The van der Waals surface area contributed by atoms with E-state index in [1.54, 1.807) is 4.90 Å². The average molecular weight is 220 g/mol. The maximum atomic E-state index is 12.3. The highest BCUT2D eigenvalue weighted by molar-refractivity contribution is 5.80. The predicted molar refractivity (Wildman–Crippen MR) is 61.4 cm³/mol. The van der Waals surface area contributed by atoms with Gasteiger partial charge in [-0.05, 0) is 44.9 Å². The second-order valence-electron chi connectivity index (χ2n) is 5.50. The molecule has 2 aliphatic rings. The van der Waals surface area contributed by atoms with Gasteiger partial charge in [-0.25, -0.2) is 0 Å². The smallest absolute Gasteiger partial charge is 0.227 e. The monoisotopic (exact) mass is 220 g/mol. The fourth-order valence-corrected chi connectivity index (χ4v) is 3.35. The van der Waals surface area contributed by atoms with Crippen molar-refractivity contribution < 1.29 is 4.79 Å². The summed E-state index contributed by atoms with van der Waals surface area (Å²) in [5, 5.41) is 8.77. The molecule has 0 aromatic carbocycles. The van der Waals surface area contributed by atoms with Crippen LogP contribution >= 0.6 is 0 Å². The minimum Gasteiger partial charge on any atom is -0.327 e. The van der Waals surface area contributed by atoms with E-state index in [9.17, 15) is 4.79 Å². The molecule has 16 heavy (non-hydrogen) atoms. The lowest BCUT2D eigenvalue weighted by atomic mass is 9.87. The number of carbonyl (C=O) groups is 1. The van der Waals surface area contributed by atoms with Crippen molar-refractivity contribution in [3.8, 4) is 6.07 Å². The van der Waals surface area contributed by atoms with Crippen molar-refractivity contribution in [1.29, 1.82) is 5.26 Å². The van der Waals surface area contributed by atoms with E-state index < -0.39 is 0 Å². The molecule has 0 N–H and O–H groups in total. The molecule has 2 fully saturated rings. The molecule has 2 bridgehead atoms. The molecular weight excluding hydrogens is 200 g/mol. The van der Waals surface area contributed by atoms with Crippen LogP contribution in [0.15, 0.2) is 0 Å². The van der Waals surface area contributed by atoms with Crippen LogP contribution in [-0.2, 0) is 4.79 Å². The van der Waals surface area contributed by atoms with Crippen LogP contribution < -0.4 is 0 Å². The molecule has 2 saturated carbocycles. The van der Waals surface area contributed by atoms with Gasteiger partial charge < -0.3 is 4.90 Å². The number of nitriles is 1. The lowest BCUT2D eigenvalue weighted by Crippen LogP contribution is -2.42. The third-order valence-electron chi connectivity index (χ3n) is 4.20. The number of carbonyl (C=O) groups excluding carboxylic acids is 1. The number of amides is 1. The molecule has 0 saturated heterocycles. The molecule has 1 amide bonds. The molecule has 3 nitrogen and oxygen atoms in total. The minimum absolute atomic E-state index is 0.145. The summed E-state index contributed by atoms with van der Waals surface area (Å²) >= 11 is 0. The normalized spacial score (nSPS) is 31.8. The van der Waals surface area contributed by atoms with E-state index in [-0.39, 0.29) is 24.4 Å². The van der Waals surface area contributed by atoms with Crippen molar-refractivity contribution in [2.45, 2.75) is 45.6 Å². The zero-order valence-electron chi connectivity index (χ0n) is 10.1. The first-order chi connectivity index (χ1) is 7.63. The van der Waals surface area contributed by atoms with Gasteiger partial charge >= 0.3 is 0 Å². The maximum absolute atomic E-state index is 12.3. The van der Waals surface area contributed by atoms with Gasteiger partial charge in [0, 0.05) is 12.0 Å². The first kappa shape index (κ1) is 11.4. The topological polar surface area (TPSA) is 44.1 Å². The Labute approximate surface area is 97.4 Å². The lowest BCUT2D eigenvalue weighted by Gasteiger charge is -2.30. The van der Waals surface area contributed by atoms with Crippen LogP contribution in [0, 0.1) is 29.1 Å². The fraction of sp³-hybridized carbons (Fsp3) is 0.846. The van der Waals surface area contributed by atoms with Crippen LogP contribution in [0.3, 0.4) is 0 Å². The van der Waals surface area contributed by atoms with E-state index in [1.807, 2.05) is 13.8 Å². The Kier molecular flexibility index (Phi) is 3.18. The van der Waals surface area contributed by atoms with Crippen LogP contribution in [0.25, 0.3) is 0 Å². The van der Waals surface area contributed by atoms with Crippen molar-refractivity contribution in [2.75, 3.05) is 6.54 Å². The SMILES string of the molecule is CC(C)N(CC#N)C(=O)C1CC2CCC1C2. The average Bonchev–Trinajstić information content (AvgIpc) is 2.86. The van der Waals surface area contributed by atoms with Crippen molar-refractivity contribution >= 4 is 5.91 Å². The first-order valence-corrected chi connectivity index (χ1v) is 6.31. The Balaban J connectivity index is 2.03. The summed E-state index contributed by atoms with van der Waals surface area (Å²) in [7, 11) is 0. The van der Waals surface area contributed by atoms with Crippen LogP contribution in [0.1, 0.15) is 39.5 Å². The Hall–Kier alpha value is -1.04. The minimum atomic E-state index is 0.145. The van der Waals surface area contributed by atoms with Gasteiger partial charge in [-0.1, -0.05) is 6.42 Å². The zero-order chi connectivity index (χ0) is 11.7. The quantitative estimate of drug-likeness (QED) is 0.684. The molecule has 88 valence electrons. The largest absolute Gasteiger partial charge is 0.327 e. The Morgan fingerprint density at radius 3 is 2.62 bits per heavy atom. The summed E-state index contributed by atoms with van der Waals surface area (Å²) in [6.45, 7) is 4.22. The zero-order valence-corrected chi connectivity index (χ0v) is 10.1. The predicted octanol–water partition coefficient (Wildman–Crippen LogP) is 2.18. The van der Waals surface area contributed by atoms with Crippen LogP contribution in [0.4, 0.5) is 0 Å².